The van der Waals surface area contributed by atoms with Crippen molar-refractivity contribution in [3.8, 4) is 33.8 Å². The lowest BCUT2D eigenvalue weighted by Gasteiger charge is -2.39. The van der Waals surface area contributed by atoms with Crippen LogP contribution in [-0.2, 0) is 5.41 Å². The summed E-state index contributed by atoms with van der Waals surface area (Å²) in [4.78, 5) is 14.7. The van der Waals surface area contributed by atoms with Gasteiger partial charge in [0, 0.05) is 28.5 Å². The molecule has 0 radical (unpaired) electrons. The van der Waals surface area contributed by atoms with Crippen molar-refractivity contribution in [3.63, 3.8) is 0 Å². The van der Waals surface area contributed by atoms with Crippen LogP contribution in [0.1, 0.15) is 45.2 Å². The molecule has 3 aliphatic rings. The highest BCUT2D eigenvalue weighted by Crippen LogP contribution is 2.62. The molecule has 6 aromatic carbocycles. The molecule has 50 heavy (non-hydrogen) atoms. The third-order valence-corrected chi connectivity index (χ3v) is 10.1. The van der Waals surface area contributed by atoms with Gasteiger partial charge in [-0.1, -0.05) is 140 Å². The number of aromatic nitrogens is 1. The average Bonchev–Trinajstić information content (AvgIpc) is 3.49. The van der Waals surface area contributed by atoms with E-state index in [1.165, 1.54) is 22.3 Å². The van der Waals surface area contributed by atoms with Gasteiger partial charge in [0.2, 0.25) is 0 Å². The predicted octanol–water partition coefficient (Wildman–Crippen LogP) is 9.71. The fourth-order valence-electron chi connectivity index (χ4n) is 7.96. The molecule has 2 aliphatic heterocycles. The maximum Gasteiger partial charge on any atom is 0.186 e. The molecule has 10 rings (SSSR count). The third kappa shape index (κ3) is 4.23. The van der Waals surface area contributed by atoms with E-state index in [0.29, 0.717) is 0 Å². The van der Waals surface area contributed by atoms with Gasteiger partial charge in [0.05, 0.1) is 11.1 Å². The number of aliphatic imine (C=N–C) groups is 2. The van der Waals surface area contributed by atoms with Crippen LogP contribution < -0.4 is 10.1 Å². The van der Waals surface area contributed by atoms with Crippen LogP contribution in [-0.4, -0.2) is 16.7 Å². The first-order valence-corrected chi connectivity index (χ1v) is 16.9. The molecule has 0 saturated heterocycles. The molecule has 1 atom stereocenters. The van der Waals surface area contributed by atoms with E-state index in [-0.39, 0.29) is 0 Å². The second-order valence-electron chi connectivity index (χ2n) is 12.8. The number of hydrogen-bond acceptors (Lipinski definition) is 5. The van der Waals surface area contributed by atoms with E-state index in [2.05, 4.69) is 138 Å². The molecule has 7 aromatic rings. The van der Waals surface area contributed by atoms with E-state index in [9.17, 15) is 0 Å². The van der Waals surface area contributed by atoms with E-state index in [0.717, 1.165) is 62.2 Å². The Labute approximate surface area is 290 Å². The summed E-state index contributed by atoms with van der Waals surface area (Å²) in [5.74, 6) is 3.22. The first-order chi connectivity index (χ1) is 24.8. The minimum absolute atomic E-state index is 0.485. The molecule has 5 nitrogen and oxygen atoms in total. The van der Waals surface area contributed by atoms with E-state index < -0.39 is 11.6 Å². The van der Waals surface area contributed by atoms with Crippen LogP contribution in [0.4, 0.5) is 0 Å². The number of benzene rings is 6. The molecular weight excluding hydrogens is 613 g/mol. The van der Waals surface area contributed by atoms with Crippen LogP contribution in [0.25, 0.3) is 22.3 Å². The summed E-state index contributed by atoms with van der Waals surface area (Å²) in [6.45, 7) is 0. The van der Waals surface area contributed by atoms with Crippen molar-refractivity contribution in [1.82, 2.24) is 10.3 Å². The normalized spacial score (nSPS) is 16.1. The molecule has 0 fully saturated rings. The van der Waals surface area contributed by atoms with Gasteiger partial charge in [-0.05, 0) is 57.6 Å². The summed E-state index contributed by atoms with van der Waals surface area (Å²) in [6.07, 6.45) is 1.30. The van der Waals surface area contributed by atoms with Crippen molar-refractivity contribution in [2.24, 2.45) is 9.98 Å². The zero-order valence-electron chi connectivity index (χ0n) is 27.0. The summed E-state index contributed by atoms with van der Waals surface area (Å²) in [6, 6.07) is 57.2. The number of nitrogens with one attached hydrogen (secondary N) is 1. The lowest BCUT2D eigenvalue weighted by Crippen LogP contribution is -2.36. The third-order valence-electron chi connectivity index (χ3n) is 10.1. The van der Waals surface area contributed by atoms with Crippen LogP contribution in [0.2, 0.25) is 0 Å². The molecule has 3 heterocycles. The number of rotatable bonds is 4. The van der Waals surface area contributed by atoms with Gasteiger partial charge >= 0.3 is 0 Å². The predicted molar refractivity (Wildman–Crippen MR) is 199 cm³/mol. The fraction of sp³-hybridized carbons (Fsp3) is 0.0444. The summed E-state index contributed by atoms with van der Waals surface area (Å²) in [7, 11) is 0. The second kappa shape index (κ2) is 11.2. The molecule has 0 amide bonds. The Kier molecular flexibility index (Phi) is 6.39. The molecule has 236 valence electrons. The monoisotopic (exact) mass is 642 g/mol. The quantitative estimate of drug-likeness (QED) is 0.208. The molecule has 1 aromatic heterocycles. The molecule has 0 bridgehead atoms. The van der Waals surface area contributed by atoms with Crippen molar-refractivity contribution in [2.45, 2.75) is 11.6 Å². The van der Waals surface area contributed by atoms with Crippen molar-refractivity contribution in [1.29, 1.82) is 0 Å². The van der Waals surface area contributed by atoms with Gasteiger partial charge < -0.3 is 10.1 Å². The zero-order chi connectivity index (χ0) is 33.1. The molecule has 1 unspecified atom stereocenters. The second-order valence-corrected chi connectivity index (χ2v) is 12.8. The SMILES string of the molecule is c1ccc(C2=NC(c3ccccn3)N=C(c3ccccc3-c3ccc4c(c3)Oc3ccccc3C43c4ccccc4-c4ccccc43)N2)cc1. The lowest BCUT2D eigenvalue weighted by molar-refractivity contribution is 0.436. The van der Waals surface area contributed by atoms with Crippen LogP contribution in [0.5, 0.6) is 11.5 Å². The minimum Gasteiger partial charge on any atom is -0.457 e. The molecule has 1 N–H and O–H groups in total. The molecule has 1 spiro atoms. The summed E-state index contributed by atoms with van der Waals surface area (Å²) < 4.78 is 6.82. The highest BCUT2D eigenvalue weighted by atomic mass is 16.5. The van der Waals surface area contributed by atoms with Gasteiger partial charge in [-0.25, -0.2) is 9.98 Å². The summed E-state index contributed by atoms with van der Waals surface area (Å²) >= 11 is 0. The zero-order valence-corrected chi connectivity index (χ0v) is 27.0. The smallest absolute Gasteiger partial charge is 0.186 e. The number of fused-ring (bicyclic) bond motifs is 9. The Morgan fingerprint density at radius 1 is 0.460 bits per heavy atom. The molecule has 1 aliphatic carbocycles. The van der Waals surface area contributed by atoms with Crippen molar-refractivity contribution in [2.75, 3.05) is 0 Å². The van der Waals surface area contributed by atoms with Gasteiger partial charge in [0.1, 0.15) is 23.2 Å². The Bertz CT molecular complexity index is 2460. The fourth-order valence-corrected chi connectivity index (χ4v) is 7.96. The topological polar surface area (TPSA) is 58.9 Å². The number of para-hydroxylation sites is 1. The van der Waals surface area contributed by atoms with Crippen LogP contribution in [0.3, 0.4) is 0 Å². The van der Waals surface area contributed by atoms with Gasteiger partial charge in [-0.2, -0.15) is 0 Å². The number of nitrogens with zero attached hydrogens (tertiary/aromatic N) is 3. The first-order valence-electron chi connectivity index (χ1n) is 16.9. The Morgan fingerprint density at radius 3 is 1.80 bits per heavy atom. The van der Waals surface area contributed by atoms with Gasteiger partial charge in [0.25, 0.3) is 0 Å². The largest absolute Gasteiger partial charge is 0.457 e. The highest BCUT2D eigenvalue weighted by Gasteiger charge is 2.50. The number of hydrogen-bond donors (Lipinski definition) is 1. The Morgan fingerprint density at radius 2 is 1.06 bits per heavy atom. The van der Waals surface area contributed by atoms with Gasteiger partial charge in [-0.15, -0.1) is 0 Å². The van der Waals surface area contributed by atoms with Crippen LogP contribution in [0, 0.1) is 0 Å². The average molecular weight is 643 g/mol. The van der Waals surface area contributed by atoms with Gasteiger partial charge in [0.15, 0.2) is 6.17 Å². The number of ether oxygens (including phenoxy) is 1. The number of pyridine rings is 1. The van der Waals surface area contributed by atoms with E-state index in [1.54, 1.807) is 6.20 Å². The molecule has 5 heteroatoms. The molecule has 0 saturated carbocycles. The van der Waals surface area contributed by atoms with E-state index >= 15 is 0 Å². The van der Waals surface area contributed by atoms with Crippen LogP contribution in [0.15, 0.2) is 180 Å². The first kappa shape index (κ1) is 28.4. The summed E-state index contributed by atoms with van der Waals surface area (Å²) in [5.41, 5.74) is 11.7. The Hall–Kier alpha value is -6.59. The van der Waals surface area contributed by atoms with Crippen molar-refractivity contribution in [3.05, 3.63) is 209 Å². The maximum absolute atomic E-state index is 6.82. The minimum atomic E-state index is -0.499. The van der Waals surface area contributed by atoms with E-state index in [4.69, 9.17) is 14.7 Å². The van der Waals surface area contributed by atoms with Crippen molar-refractivity contribution >= 4 is 11.7 Å². The van der Waals surface area contributed by atoms with Crippen molar-refractivity contribution < 1.29 is 4.74 Å². The van der Waals surface area contributed by atoms with Gasteiger partial charge in [-0.3, -0.25) is 4.98 Å². The van der Waals surface area contributed by atoms with E-state index in [1.807, 2.05) is 36.4 Å². The molecular formula is C45H30N4O. The standard InChI is InChI=1S/C45H30N4O/c1-2-14-29(15-3-1)42-47-43(49-44(48-42)39-23-12-13-27-46-39)34-19-5-4-16-31(34)30-25-26-38-41(28-30)50-40-24-11-10-22-37(40)45(38)35-20-8-6-17-32(35)33-18-7-9-21-36(33)45/h1-28,44H,(H,47,48,49). The summed E-state index contributed by atoms with van der Waals surface area (Å²) in [5, 5.41) is 3.57. The van der Waals surface area contributed by atoms with Crippen LogP contribution >= 0.6 is 0 Å². The highest BCUT2D eigenvalue weighted by molar-refractivity contribution is 6.17. The maximum atomic E-state index is 6.82. The lowest BCUT2D eigenvalue weighted by atomic mass is 9.66. The number of amidine groups is 2. The Balaban J connectivity index is 1.14.